The number of nitrogens with one attached hydrogen (secondary N) is 2. The molecule has 0 spiro atoms. The van der Waals surface area contributed by atoms with Gasteiger partial charge in [0.05, 0.1) is 6.26 Å². The molecule has 2 rings (SSSR count). The molecular weight excluding hydrogens is 294 g/mol. The summed E-state index contributed by atoms with van der Waals surface area (Å²) in [4.78, 5) is 28.4. The molecule has 0 saturated heterocycles. The van der Waals surface area contributed by atoms with Crippen molar-refractivity contribution in [1.29, 1.82) is 0 Å². The van der Waals surface area contributed by atoms with Gasteiger partial charge in [-0.15, -0.1) is 0 Å². The molecule has 0 fully saturated rings. The van der Waals surface area contributed by atoms with Crippen molar-refractivity contribution in [3.05, 3.63) is 54.2 Å². The van der Waals surface area contributed by atoms with Crippen molar-refractivity contribution in [2.24, 2.45) is 5.92 Å². The SMILES string of the molecule is CC(C)C(NC(=O)c1ccco1)C(=O)NCCc1cccnc1. The van der Waals surface area contributed by atoms with E-state index in [2.05, 4.69) is 15.6 Å². The summed E-state index contributed by atoms with van der Waals surface area (Å²) in [5.74, 6) is -0.439. The maximum absolute atomic E-state index is 12.3. The molecule has 6 heteroatoms. The number of hydrogen-bond acceptors (Lipinski definition) is 4. The monoisotopic (exact) mass is 315 g/mol. The van der Waals surface area contributed by atoms with Gasteiger partial charge in [0.2, 0.25) is 5.91 Å². The van der Waals surface area contributed by atoms with Crippen LogP contribution < -0.4 is 10.6 Å². The van der Waals surface area contributed by atoms with Crippen LogP contribution in [0.25, 0.3) is 0 Å². The average Bonchev–Trinajstić information content (AvgIpc) is 3.07. The highest BCUT2D eigenvalue weighted by molar-refractivity contribution is 5.95. The van der Waals surface area contributed by atoms with E-state index in [1.54, 1.807) is 24.5 Å². The van der Waals surface area contributed by atoms with Gasteiger partial charge in [-0.2, -0.15) is 0 Å². The molecule has 0 saturated carbocycles. The molecule has 2 heterocycles. The zero-order chi connectivity index (χ0) is 16.7. The van der Waals surface area contributed by atoms with Crippen molar-refractivity contribution in [3.63, 3.8) is 0 Å². The lowest BCUT2D eigenvalue weighted by Gasteiger charge is -2.21. The van der Waals surface area contributed by atoms with Gasteiger partial charge in [-0.1, -0.05) is 19.9 Å². The van der Waals surface area contributed by atoms with Gasteiger partial charge in [0.25, 0.3) is 5.91 Å². The molecule has 2 aromatic heterocycles. The van der Waals surface area contributed by atoms with E-state index < -0.39 is 11.9 Å². The number of carbonyl (C=O) groups excluding carboxylic acids is 2. The summed E-state index contributed by atoms with van der Waals surface area (Å²) >= 11 is 0. The molecule has 2 N–H and O–H groups in total. The molecule has 0 bridgehead atoms. The quantitative estimate of drug-likeness (QED) is 0.816. The Morgan fingerprint density at radius 3 is 2.70 bits per heavy atom. The molecule has 2 aromatic rings. The largest absolute Gasteiger partial charge is 0.459 e. The number of rotatable bonds is 7. The van der Waals surface area contributed by atoms with Gasteiger partial charge >= 0.3 is 0 Å². The predicted octanol–water partition coefficient (Wildman–Crippen LogP) is 1.79. The molecule has 23 heavy (non-hydrogen) atoms. The summed E-state index contributed by atoms with van der Waals surface area (Å²) in [6.07, 6.45) is 5.59. The van der Waals surface area contributed by atoms with Crippen LogP contribution in [0.15, 0.2) is 47.3 Å². The average molecular weight is 315 g/mol. The second kappa shape index (κ2) is 8.12. The van der Waals surface area contributed by atoms with E-state index in [-0.39, 0.29) is 17.6 Å². The number of pyridine rings is 1. The first-order valence-electron chi connectivity index (χ1n) is 7.59. The summed E-state index contributed by atoms with van der Waals surface area (Å²) < 4.78 is 5.04. The van der Waals surface area contributed by atoms with Crippen LogP contribution in [0.4, 0.5) is 0 Å². The highest BCUT2D eigenvalue weighted by Crippen LogP contribution is 2.06. The van der Waals surface area contributed by atoms with Gasteiger partial charge in [-0.05, 0) is 36.1 Å². The molecule has 1 atom stereocenters. The van der Waals surface area contributed by atoms with Crippen LogP contribution in [0.2, 0.25) is 0 Å². The highest BCUT2D eigenvalue weighted by Gasteiger charge is 2.25. The van der Waals surface area contributed by atoms with Crippen molar-refractivity contribution in [2.75, 3.05) is 6.54 Å². The minimum atomic E-state index is -0.610. The topological polar surface area (TPSA) is 84.2 Å². The molecule has 0 aliphatic rings. The van der Waals surface area contributed by atoms with Crippen LogP contribution in [0.5, 0.6) is 0 Å². The minimum Gasteiger partial charge on any atom is -0.459 e. The predicted molar refractivity (Wildman–Crippen MR) is 85.8 cm³/mol. The maximum Gasteiger partial charge on any atom is 0.287 e. The Hall–Kier alpha value is -2.63. The lowest BCUT2D eigenvalue weighted by Crippen LogP contribution is -2.50. The summed E-state index contributed by atoms with van der Waals surface area (Å²) in [7, 11) is 0. The van der Waals surface area contributed by atoms with Gasteiger partial charge in [-0.25, -0.2) is 0 Å². The normalized spacial score (nSPS) is 12.0. The zero-order valence-electron chi connectivity index (χ0n) is 13.3. The molecule has 1 unspecified atom stereocenters. The molecular formula is C17H21N3O3. The third kappa shape index (κ3) is 4.95. The number of carbonyl (C=O) groups is 2. The first-order chi connectivity index (χ1) is 11.1. The third-order valence-corrected chi connectivity index (χ3v) is 3.42. The lowest BCUT2D eigenvalue weighted by molar-refractivity contribution is -0.123. The molecule has 0 radical (unpaired) electrons. The first kappa shape index (κ1) is 16.7. The van der Waals surface area contributed by atoms with Crippen LogP contribution >= 0.6 is 0 Å². The van der Waals surface area contributed by atoms with E-state index >= 15 is 0 Å². The second-order valence-electron chi connectivity index (χ2n) is 5.57. The second-order valence-corrected chi connectivity index (χ2v) is 5.57. The summed E-state index contributed by atoms with van der Waals surface area (Å²) in [6, 6.07) is 6.40. The fraction of sp³-hybridized carbons (Fsp3) is 0.353. The number of furan rings is 1. The number of nitrogens with zero attached hydrogens (tertiary/aromatic N) is 1. The van der Waals surface area contributed by atoms with Gasteiger partial charge < -0.3 is 15.1 Å². The van der Waals surface area contributed by atoms with Crippen LogP contribution in [0.3, 0.4) is 0 Å². The van der Waals surface area contributed by atoms with Gasteiger partial charge in [0.15, 0.2) is 5.76 Å². The van der Waals surface area contributed by atoms with Gasteiger partial charge in [0, 0.05) is 18.9 Å². The standard InChI is InChI=1S/C17H21N3O3/c1-12(2)15(20-16(21)14-6-4-10-23-14)17(22)19-9-7-13-5-3-8-18-11-13/h3-6,8,10-12,15H,7,9H2,1-2H3,(H,19,22)(H,20,21). The Morgan fingerprint density at radius 2 is 2.09 bits per heavy atom. The Labute approximate surface area is 135 Å². The van der Waals surface area contributed by atoms with Gasteiger partial charge in [-0.3, -0.25) is 14.6 Å². The molecule has 0 aliphatic heterocycles. The third-order valence-electron chi connectivity index (χ3n) is 3.42. The molecule has 0 aromatic carbocycles. The highest BCUT2D eigenvalue weighted by atomic mass is 16.3. The Morgan fingerprint density at radius 1 is 1.26 bits per heavy atom. The smallest absolute Gasteiger partial charge is 0.287 e. The number of amides is 2. The van der Waals surface area contributed by atoms with Crippen LogP contribution in [0, 0.1) is 5.92 Å². The fourth-order valence-electron chi connectivity index (χ4n) is 2.14. The molecule has 122 valence electrons. The van der Waals surface area contributed by atoms with Crippen molar-refractivity contribution in [1.82, 2.24) is 15.6 Å². The Kier molecular flexibility index (Phi) is 5.91. The van der Waals surface area contributed by atoms with Crippen LogP contribution in [-0.2, 0) is 11.2 Å². The Balaban J connectivity index is 1.87. The van der Waals surface area contributed by atoms with Crippen molar-refractivity contribution >= 4 is 11.8 Å². The summed E-state index contributed by atoms with van der Waals surface area (Å²) in [5.41, 5.74) is 1.05. The van der Waals surface area contributed by atoms with Crippen LogP contribution in [-0.4, -0.2) is 29.4 Å². The van der Waals surface area contributed by atoms with Crippen molar-refractivity contribution in [3.8, 4) is 0 Å². The van der Waals surface area contributed by atoms with E-state index in [1.165, 1.54) is 6.26 Å². The van der Waals surface area contributed by atoms with E-state index in [9.17, 15) is 9.59 Å². The maximum atomic E-state index is 12.3. The first-order valence-corrected chi connectivity index (χ1v) is 7.59. The van der Waals surface area contributed by atoms with Crippen molar-refractivity contribution in [2.45, 2.75) is 26.3 Å². The van der Waals surface area contributed by atoms with E-state index in [4.69, 9.17) is 4.42 Å². The van der Waals surface area contributed by atoms with Crippen LogP contribution in [0.1, 0.15) is 30.0 Å². The van der Waals surface area contributed by atoms with E-state index in [0.29, 0.717) is 13.0 Å². The fourth-order valence-corrected chi connectivity index (χ4v) is 2.14. The number of hydrogen-bond donors (Lipinski definition) is 2. The molecule has 2 amide bonds. The lowest BCUT2D eigenvalue weighted by atomic mass is 10.0. The molecule has 6 nitrogen and oxygen atoms in total. The molecule has 0 aliphatic carbocycles. The summed E-state index contributed by atoms with van der Waals surface area (Å²) in [6.45, 7) is 4.26. The number of aromatic nitrogens is 1. The zero-order valence-corrected chi connectivity index (χ0v) is 13.3. The summed E-state index contributed by atoms with van der Waals surface area (Å²) in [5, 5.41) is 5.56. The Bertz CT molecular complexity index is 624. The van der Waals surface area contributed by atoms with Crippen molar-refractivity contribution < 1.29 is 14.0 Å². The minimum absolute atomic E-state index is 0.0349. The van der Waals surface area contributed by atoms with E-state index in [1.807, 2.05) is 26.0 Å². The van der Waals surface area contributed by atoms with E-state index in [0.717, 1.165) is 5.56 Å². The van der Waals surface area contributed by atoms with Gasteiger partial charge in [0.1, 0.15) is 6.04 Å².